The maximum atomic E-state index is 12.5. The number of rotatable bonds is 12. The van der Waals surface area contributed by atoms with Crippen LogP contribution in [0.3, 0.4) is 0 Å². The Kier molecular flexibility index (Phi) is 9.20. The smallest absolute Gasteiger partial charge is 0.224 e. The van der Waals surface area contributed by atoms with Crippen LogP contribution in [0.25, 0.3) is 21.1 Å². The highest BCUT2D eigenvalue weighted by atomic mass is 32.1. The van der Waals surface area contributed by atoms with Crippen molar-refractivity contribution in [2.24, 2.45) is 0 Å². The van der Waals surface area contributed by atoms with Crippen LogP contribution in [0.4, 0.5) is 22.3 Å². The van der Waals surface area contributed by atoms with Gasteiger partial charge in [-0.05, 0) is 30.5 Å². The summed E-state index contributed by atoms with van der Waals surface area (Å²) in [6.07, 6.45) is 2.12. The first-order valence-corrected chi connectivity index (χ1v) is 14.9. The van der Waals surface area contributed by atoms with Gasteiger partial charge >= 0.3 is 0 Å². The number of thiazole rings is 2. The van der Waals surface area contributed by atoms with E-state index in [4.69, 9.17) is 24.9 Å². The minimum Gasteiger partial charge on any atom is -0.493 e. The second-order valence-electron chi connectivity index (χ2n) is 9.28. The summed E-state index contributed by atoms with van der Waals surface area (Å²) in [4.78, 5) is 22.6. The van der Waals surface area contributed by atoms with Gasteiger partial charge in [0, 0.05) is 40.9 Å². The molecule has 216 valence electrons. The molecule has 2 aromatic heterocycles. The molecule has 0 aliphatic carbocycles. The summed E-state index contributed by atoms with van der Waals surface area (Å²) in [5, 5.41) is 9.62. The van der Waals surface area contributed by atoms with Crippen LogP contribution in [0.1, 0.15) is 18.4 Å². The topological polar surface area (TPSA) is 121 Å². The molecule has 5 aromatic rings. The van der Waals surface area contributed by atoms with Crippen LogP contribution in [-0.2, 0) is 11.2 Å². The molecule has 0 atom stereocenters. The molecule has 0 radical (unpaired) electrons. The van der Waals surface area contributed by atoms with E-state index in [1.54, 1.807) is 33.5 Å². The number of nitrogens with one attached hydrogen (secondary N) is 2. The molecule has 2 heterocycles. The summed E-state index contributed by atoms with van der Waals surface area (Å²) in [6, 6.07) is 21.5. The summed E-state index contributed by atoms with van der Waals surface area (Å²) < 4.78 is 16.3. The maximum Gasteiger partial charge on any atom is 0.224 e. The second-order valence-corrected chi connectivity index (χ2v) is 11.1. The number of anilines is 4. The normalized spacial score (nSPS) is 10.7. The molecule has 5 rings (SSSR count). The Morgan fingerprint density at radius 1 is 0.905 bits per heavy atom. The van der Waals surface area contributed by atoms with E-state index in [-0.39, 0.29) is 5.91 Å². The average molecular weight is 602 g/mol. The van der Waals surface area contributed by atoms with Crippen LogP contribution in [0.2, 0.25) is 0 Å². The SMILES string of the molecule is COc1cc(Nc2nc(N)c(-c3nc(-c4cccc(NC(=O)CCCc5ccccc5)c4)cs3)s2)cc(OC)c1OC. The quantitative estimate of drug-likeness (QED) is 0.137. The Morgan fingerprint density at radius 3 is 2.38 bits per heavy atom. The van der Waals surface area contributed by atoms with Crippen molar-refractivity contribution in [3.8, 4) is 38.4 Å². The predicted octanol–water partition coefficient (Wildman–Crippen LogP) is 7.25. The van der Waals surface area contributed by atoms with Crippen molar-refractivity contribution in [3.63, 3.8) is 0 Å². The van der Waals surface area contributed by atoms with Crippen LogP contribution in [0.5, 0.6) is 17.2 Å². The number of methoxy groups -OCH3 is 3. The van der Waals surface area contributed by atoms with E-state index in [9.17, 15) is 4.79 Å². The number of carbonyl (C=O) groups is 1. The maximum absolute atomic E-state index is 12.5. The molecule has 0 bridgehead atoms. The van der Waals surface area contributed by atoms with Gasteiger partial charge in [-0.15, -0.1) is 11.3 Å². The molecule has 0 saturated carbocycles. The van der Waals surface area contributed by atoms with Crippen LogP contribution >= 0.6 is 22.7 Å². The highest BCUT2D eigenvalue weighted by molar-refractivity contribution is 7.23. The highest BCUT2D eigenvalue weighted by Gasteiger charge is 2.18. The molecule has 0 saturated heterocycles. The van der Waals surface area contributed by atoms with Gasteiger partial charge in [0.2, 0.25) is 11.7 Å². The largest absolute Gasteiger partial charge is 0.493 e. The Labute approximate surface area is 252 Å². The van der Waals surface area contributed by atoms with Crippen molar-refractivity contribution in [1.82, 2.24) is 9.97 Å². The summed E-state index contributed by atoms with van der Waals surface area (Å²) >= 11 is 2.89. The van der Waals surface area contributed by atoms with E-state index in [1.807, 2.05) is 47.8 Å². The van der Waals surface area contributed by atoms with Crippen molar-refractivity contribution in [2.45, 2.75) is 19.3 Å². The number of aryl methyl sites for hydroxylation is 1. The minimum absolute atomic E-state index is 0.00777. The lowest BCUT2D eigenvalue weighted by Crippen LogP contribution is -2.11. The number of aromatic nitrogens is 2. The Bertz CT molecular complexity index is 1640. The third kappa shape index (κ3) is 6.81. The first-order chi connectivity index (χ1) is 20.5. The van der Waals surface area contributed by atoms with Gasteiger partial charge in [-0.2, -0.15) is 0 Å². The summed E-state index contributed by atoms with van der Waals surface area (Å²) in [6.45, 7) is 0. The highest BCUT2D eigenvalue weighted by Crippen LogP contribution is 2.43. The number of nitrogens with two attached hydrogens (primary N) is 1. The number of nitrogen functional groups attached to an aromatic ring is 1. The average Bonchev–Trinajstić information content (AvgIpc) is 3.63. The molecular weight excluding hydrogens is 571 g/mol. The van der Waals surface area contributed by atoms with Gasteiger partial charge in [0.25, 0.3) is 0 Å². The summed E-state index contributed by atoms with van der Waals surface area (Å²) in [5.74, 6) is 1.93. The van der Waals surface area contributed by atoms with E-state index in [0.29, 0.717) is 40.3 Å². The van der Waals surface area contributed by atoms with Crippen LogP contribution in [0, 0.1) is 0 Å². The fourth-order valence-electron chi connectivity index (χ4n) is 4.40. The van der Waals surface area contributed by atoms with E-state index in [0.717, 1.165) is 39.7 Å². The number of ether oxygens (including phenoxy) is 3. The molecule has 42 heavy (non-hydrogen) atoms. The first kappa shape index (κ1) is 28.9. The molecule has 0 spiro atoms. The van der Waals surface area contributed by atoms with Crippen molar-refractivity contribution in [3.05, 3.63) is 77.7 Å². The molecule has 3 aromatic carbocycles. The summed E-state index contributed by atoms with van der Waals surface area (Å²) in [5.41, 5.74) is 10.7. The Morgan fingerprint density at radius 2 is 1.67 bits per heavy atom. The lowest BCUT2D eigenvalue weighted by atomic mass is 10.1. The van der Waals surface area contributed by atoms with Crippen molar-refractivity contribution in [2.75, 3.05) is 37.7 Å². The van der Waals surface area contributed by atoms with E-state index in [2.05, 4.69) is 27.8 Å². The zero-order valence-corrected chi connectivity index (χ0v) is 25.1. The number of nitrogens with zero attached hydrogens (tertiary/aromatic N) is 2. The third-order valence-corrected chi connectivity index (χ3v) is 8.40. The monoisotopic (exact) mass is 601 g/mol. The number of hydrogen-bond donors (Lipinski definition) is 3. The van der Waals surface area contributed by atoms with Gasteiger partial charge in [0.15, 0.2) is 16.6 Å². The van der Waals surface area contributed by atoms with Crippen molar-refractivity contribution < 1.29 is 19.0 Å². The lowest BCUT2D eigenvalue weighted by Gasteiger charge is -2.14. The van der Waals surface area contributed by atoms with E-state index in [1.165, 1.54) is 28.2 Å². The van der Waals surface area contributed by atoms with Crippen LogP contribution in [0.15, 0.2) is 72.1 Å². The lowest BCUT2D eigenvalue weighted by molar-refractivity contribution is -0.116. The molecule has 9 nitrogen and oxygen atoms in total. The minimum atomic E-state index is -0.00777. The number of amides is 1. The number of benzene rings is 3. The molecular formula is C31H31N5O4S2. The van der Waals surface area contributed by atoms with Gasteiger partial charge < -0.3 is 30.6 Å². The van der Waals surface area contributed by atoms with Crippen LogP contribution in [-0.4, -0.2) is 37.2 Å². The zero-order chi connectivity index (χ0) is 29.5. The molecule has 4 N–H and O–H groups in total. The van der Waals surface area contributed by atoms with Gasteiger partial charge in [0.1, 0.15) is 15.7 Å². The molecule has 0 aliphatic rings. The van der Waals surface area contributed by atoms with Crippen molar-refractivity contribution in [1.29, 1.82) is 0 Å². The molecule has 0 aliphatic heterocycles. The first-order valence-electron chi connectivity index (χ1n) is 13.2. The van der Waals surface area contributed by atoms with E-state index < -0.39 is 0 Å². The van der Waals surface area contributed by atoms with Gasteiger partial charge in [-0.1, -0.05) is 53.8 Å². The molecule has 0 fully saturated rings. The molecule has 11 heteroatoms. The second kappa shape index (κ2) is 13.4. The third-order valence-electron chi connectivity index (χ3n) is 6.42. The van der Waals surface area contributed by atoms with Gasteiger partial charge in [-0.25, -0.2) is 9.97 Å². The number of carbonyl (C=O) groups excluding carboxylic acids is 1. The predicted molar refractivity (Wildman–Crippen MR) is 170 cm³/mol. The van der Waals surface area contributed by atoms with Crippen molar-refractivity contribution >= 4 is 50.9 Å². The molecule has 1 amide bonds. The Balaban J connectivity index is 1.26. The fourth-order valence-corrected chi connectivity index (χ4v) is 6.24. The van der Waals surface area contributed by atoms with Crippen LogP contribution < -0.4 is 30.6 Å². The zero-order valence-electron chi connectivity index (χ0n) is 23.5. The standard InChI is InChI=1S/C31H31N5O4S2/c1-38-24-16-22(17-25(39-2)27(24)40-3)34-31-36-29(32)28(42-31)30-35-23(18-41-30)20-12-8-13-21(15-20)33-26(37)14-7-11-19-9-5-4-6-10-19/h4-6,8-10,12-13,15-18H,7,11,14,32H2,1-3H3,(H,33,37)(H,34,36). The summed E-state index contributed by atoms with van der Waals surface area (Å²) in [7, 11) is 4.69. The Hall–Kier alpha value is -4.61. The number of hydrogen-bond acceptors (Lipinski definition) is 10. The molecule has 0 unspecified atom stereocenters. The van der Waals surface area contributed by atoms with Gasteiger partial charge in [-0.3, -0.25) is 4.79 Å². The van der Waals surface area contributed by atoms with Gasteiger partial charge in [0.05, 0.1) is 27.0 Å². The van der Waals surface area contributed by atoms with E-state index >= 15 is 0 Å². The fraction of sp³-hybridized carbons (Fsp3) is 0.194.